The molecule has 2 heteroatoms. The second-order valence-electron chi connectivity index (χ2n) is 13.8. The number of pyridine rings is 1. The Kier molecular flexibility index (Phi) is 6.11. The van der Waals surface area contributed by atoms with E-state index in [4.69, 9.17) is 4.98 Å². The number of hydrogen-bond donors (Lipinski definition) is 0. The molecule has 2 nitrogen and oxygen atoms in total. The van der Waals surface area contributed by atoms with E-state index >= 15 is 0 Å². The Hall–Kier alpha value is -6.51. The molecule has 11 rings (SSSR count). The molecule has 0 N–H and O–H groups in total. The van der Waals surface area contributed by atoms with Crippen LogP contribution < -0.4 is 10.4 Å². The van der Waals surface area contributed by atoms with Gasteiger partial charge in [-0.1, -0.05) is 158 Å². The van der Waals surface area contributed by atoms with Gasteiger partial charge < -0.3 is 0 Å². The molecular formula is C49H32N2. The van der Waals surface area contributed by atoms with Gasteiger partial charge in [-0.05, 0) is 90.2 Å². The minimum Gasteiger partial charge on any atom is -0.292 e. The first kappa shape index (κ1) is 28.3. The largest absolute Gasteiger partial charge is 0.292 e. The summed E-state index contributed by atoms with van der Waals surface area (Å²) < 4.78 is 2.34. The van der Waals surface area contributed by atoms with Crippen LogP contribution in [0.5, 0.6) is 0 Å². The Morgan fingerprint density at radius 2 is 1.24 bits per heavy atom. The van der Waals surface area contributed by atoms with Crippen molar-refractivity contribution in [2.24, 2.45) is 5.92 Å². The quantitative estimate of drug-likeness (QED) is 0.174. The number of aromatic nitrogens is 2. The maximum Gasteiger partial charge on any atom is 0.146 e. The van der Waals surface area contributed by atoms with Crippen LogP contribution in [0.25, 0.3) is 71.4 Å². The van der Waals surface area contributed by atoms with E-state index in [0.29, 0.717) is 0 Å². The standard InChI is InChI=1S/C49H32N2/c1-2-14-35-32(12-1)13-11-21-38(35)48-41-18-6-4-16-39(41)47(40-17-5-7-19-42(40)48)33-26-24-31(25-27-33)34-28-29-37-36-15-3-8-20-43(36)49-50-44-22-9-10-23-45(44)51(49)46(37)30-34/h1-16,18-30,40H,17H2. The van der Waals surface area contributed by atoms with E-state index < -0.39 is 0 Å². The van der Waals surface area contributed by atoms with Crippen LogP contribution in [0.3, 0.4) is 0 Å². The highest BCUT2D eigenvalue weighted by molar-refractivity contribution is 6.14. The van der Waals surface area contributed by atoms with Gasteiger partial charge in [-0.25, -0.2) is 4.98 Å². The molecule has 1 atom stereocenters. The lowest BCUT2D eigenvalue weighted by atomic mass is 9.72. The summed E-state index contributed by atoms with van der Waals surface area (Å²) >= 11 is 0. The van der Waals surface area contributed by atoms with Gasteiger partial charge in [0.15, 0.2) is 0 Å². The van der Waals surface area contributed by atoms with Crippen molar-refractivity contribution in [3.8, 4) is 11.1 Å². The van der Waals surface area contributed by atoms with Crippen molar-refractivity contribution in [1.29, 1.82) is 0 Å². The van der Waals surface area contributed by atoms with Gasteiger partial charge in [-0.15, -0.1) is 0 Å². The number of para-hydroxylation sites is 2. The first-order chi connectivity index (χ1) is 25.3. The van der Waals surface area contributed by atoms with Crippen molar-refractivity contribution in [3.63, 3.8) is 0 Å². The fourth-order valence-electron chi connectivity index (χ4n) is 8.87. The van der Waals surface area contributed by atoms with Crippen LogP contribution >= 0.6 is 0 Å². The Morgan fingerprint density at radius 1 is 0.529 bits per heavy atom. The second kappa shape index (κ2) is 11.0. The lowest BCUT2D eigenvalue weighted by molar-refractivity contribution is 0.798. The molecule has 0 amide bonds. The van der Waals surface area contributed by atoms with E-state index in [-0.39, 0.29) is 5.92 Å². The van der Waals surface area contributed by atoms with Crippen molar-refractivity contribution in [1.82, 2.24) is 9.38 Å². The minimum absolute atomic E-state index is 0.279. The number of hydrogen-bond acceptors (Lipinski definition) is 1. The van der Waals surface area contributed by atoms with Gasteiger partial charge in [0.1, 0.15) is 5.65 Å². The Morgan fingerprint density at radius 3 is 2.14 bits per heavy atom. The van der Waals surface area contributed by atoms with E-state index in [1.54, 1.807) is 0 Å². The van der Waals surface area contributed by atoms with Gasteiger partial charge in [0, 0.05) is 16.7 Å². The Balaban J connectivity index is 1.11. The highest BCUT2D eigenvalue weighted by atomic mass is 15.0. The summed E-state index contributed by atoms with van der Waals surface area (Å²) in [6.07, 6.45) is 7.92. The maximum absolute atomic E-state index is 5.10. The van der Waals surface area contributed by atoms with E-state index in [1.165, 1.54) is 81.9 Å². The molecule has 0 saturated carbocycles. The molecule has 0 aliphatic heterocycles. The number of fused-ring (bicyclic) bond motifs is 11. The van der Waals surface area contributed by atoms with E-state index in [0.717, 1.165) is 23.1 Å². The average Bonchev–Trinajstić information content (AvgIpc) is 3.60. The third-order valence-electron chi connectivity index (χ3n) is 11.1. The Labute approximate surface area is 295 Å². The fraction of sp³-hybridized carbons (Fsp3) is 0.0408. The molecule has 7 aromatic carbocycles. The van der Waals surface area contributed by atoms with Crippen molar-refractivity contribution in [2.45, 2.75) is 6.42 Å². The van der Waals surface area contributed by atoms with Crippen LogP contribution in [0, 0.1) is 5.92 Å². The zero-order valence-electron chi connectivity index (χ0n) is 27.9. The summed E-state index contributed by atoms with van der Waals surface area (Å²) in [5.74, 6) is 0.279. The first-order valence-electron chi connectivity index (χ1n) is 17.8. The molecule has 51 heavy (non-hydrogen) atoms. The summed E-state index contributed by atoms with van der Waals surface area (Å²) in [4.78, 5) is 5.10. The van der Waals surface area contributed by atoms with Crippen molar-refractivity contribution >= 4 is 60.3 Å². The predicted molar refractivity (Wildman–Crippen MR) is 213 cm³/mol. The van der Waals surface area contributed by atoms with Gasteiger partial charge in [0.25, 0.3) is 0 Å². The summed E-state index contributed by atoms with van der Waals surface area (Å²) in [6.45, 7) is 0. The molecule has 0 fully saturated rings. The van der Waals surface area contributed by atoms with Gasteiger partial charge in [0.05, 0.1) is 16.6 Å². The average molecular weight is 649 g/mol. The molecular weight excluding hydrogens is 617 g/mol. The lowest BCUT2D eigenvalue weighted by Crippen LogP contribution is -2.37. The molecule has 0 radical (unpaired) electrons. The van der Waals surface area contributed by atoms with Crippen LogP contribution in [0.4, 0.5) is 0 Å². The third kappa shape index (κ3) is 4.20. The zero-order chi connectivity index (χ0) is 33.5. The smallest absolute Gasteiger partial charge is 0.146 e. The number of allylic oxidation sites excluding steroid dienone is 4. The molecule has 1 unspecified atom stereocenters. The van der Waals surface area contributed by atoms with Crippen LogP contribution in [0.1, 0.15) is 17.5 Å². The molecule has 238 valence electrons. The van der Waals surface area contributed by atoms with Crippen LogP contribution in [-0.4, -0.2) is 9.38 Å². The Bertz CT molecular complexity index is 3100. The van der Waals surface area contributed by atoms with Crippen LogP contribution in [-0.2, 0) is 0 Å². The molecule has 0 spiro atoms. The van der Waals surface area contributed by atoms with E-state index in [1.807, 2.05) is 0 Å². The monoisotopic (exact) mass is 648 g/mol. The molecule has 2 aliphatic carbocycles. The zero-order valence-corrected chi connectivity index (χ0v) is 27.9. The molecule has 9 aromatic rings. The number of rotatable bonds is 3. The third-order valence-corrected chi connectivity index (χ3v) is 11.1. The highest BCUT2D eigenvalue weighted by Gasteiger charge is 2.29. The second-order valence-corrected chi connectivity index (χ2v) is 13.8. The van der Waals surface area contributed by atoms with E-state index in [9.17, 15) is 0 Å². The van der Waals surface area contributed by atoms with Gasteiger partial charge in [0.2, 0.25) is 0 Å². The minimum atomic E-state index is 0.279. The van der Waals surface area contributed by atoms with Gasteiger partial charge >= 0.3 is 0 Å². The summed E-state index contributed by atoms with van der Waals surface area (Å²) in [5.41, 5.74) is 13.5. The first-order valence-corrected chi connectivity index (χ1v) is 17.8. The van der Waals surface area contributed by atoms with Crippen LogP contribution in [0.2, 0.25) is 0 Å². The molecule has 0 bridgehead atoms. The summed E-state index contributed by atoms with van der Waals surface area (Å²) in [7, 11) is 0. The highest BCUT2D eigenvalue weighted by Crippen LogP contribution is 2.42. The van der Waals surface area contributed by atoms with E-state index in [2.05, 4.69) is 180 Å². The number of imidazole rings is 1. The lowest BCUT2D eigenvalue weighted by Gasteiger charge is -2.31. The van der Waals surface area contributed by atoms with Gasteiger partial charge in [-0.3, -0.25) is 4.40 Å². The van der Waals surface area contributed by atoms with Gasteiger partial charge in [-0.2, -0.15) is 0 Å². The normalized spacial score (nSPS) is 15.5. The predicted octanol–water partition coefficient (Wildman–Crippen LogP) is 10.5. The molecule has 0 saturated heterocycles. The maximum atomic E-state index is 5.10. The number of benzene rings is 7. The molecule has 2 heterocycles. The topological polar surface area (TPSA) is 17.3 Å². The van der Waals surface area contributed by atoms with Crippen molar-refractivity contribution < 1.29 is 0 Å². The summed E-state index contributed by atoms with van der Waals surface area (Å²) in [6, 6.07) is 57.8. The van der Waals surface area contributed by atoms with Crippen LogP contribution in [0.15, 0.2) is 182 Å². The van der Waals surface area contributed by atoms with Crippen molar-refractivity contribution in [2.75, 3.05) is 0 Å². The fourth-order valence-corrected chi connectivity index (χ4v) is 8.87. The SMILES string of the molecule is C1=CCC2C(=C1)C(c1cccc3ccccc13)=c1ccccc1=C2c1ccc(-c2ccc3c4ccccc4c4nc5ccccc5n4c3c2)cc1. The van der Waals surface area contributed by atoms with Crippen molar-refractivity contribution in [3.05, 3.63) is 203 Å². The number of nitrogens with zero attached hydrogens (tertiary/aromatic N) is 2. The molecule has 2 aliphatic rings. The molecule has 2 aromatic heterocycles. The summed E-state index contributed by atoms with van der Waals surface area (Å²) in [5, 5.41) is 8.86.